The zero-order valence-electron chi connectivity index (χ0n) is 76.9. The summed E-state index contributed by atoms with van der Waals surface area (Å²) in [6.07, 6.45) is 7.17. The van der Waals surface area contributed by atoms with Gasteiger partial charge in [-0.1, -0.05) is 83.1 Å². The Hall–Kier alpha value is -6.93. The minimum Gasteiger partial charge on any atom is -0.462 e. The van der Waals surface area contributed by atoms with E-state index in [1.165, 1.54) is 40.6 Å². The van der Waals surface area contributed by atoms with E-state index in [0.717, 1.165) is 43.4 Å². The van der Waals surface area contributed by atoms with Gasteiger partial charge in [-0.25, -0.2) is 0 Å². The summed E-state index contributed by atoms with van der Waals surface area (Å²) in [5, 5.41) is 0. The van der Waals surface area contributed by atoms with Crippen LogP contribution in [0.15, 0.2) is 0 Å². The van der Waals surface area contributed by atoms with Gasteiger partial charge in [0.2, 0.25) is 0 Å². The van der Waals surface area contributed by atoms with Crippen molar-refractivity contribution in [1.82, 2.24) is 0 Å². The molecule has 5 rings (SSSR count). The second kappa shape index (κ2) is 54.4. The number of hydrogen-bond acceptors (Lipinski definition) is 31. The topological polar surface area (TPSA) is 388 Å². The number of rotatable bonds is 35. The SMILES string of the molecule is CC(C(=O)OC(C)(C)C)C(C)C(=O)OC12CC3CC(CC(C3)C1)C2.CC(C(=O)OC1CCCC(=O)C1)C(C)C(=O)OC(C)(C)C.CCOC(C)OC(=O)C(C)C(C)C(=O)OC(C)(C)C.CCOC(C)OC(=O)C(C)C(C)C(=O)OC(C)OCC.COCOC(=O)C(C)C(C)C(=O)OC(C)(C)C.COCOC(=O)C(C)C(C)C(=O)OCOC. The summed E-state index contributed by atoms with van der Waals surface area (Å²) in [4.78, 5) is 154. The van der Waals surface area contributed by atoms with Gasteiger partial charge in [-0.2, -0.15) is 0 Å². The molecular formula is C86H150O31. The fraction of sp³-hybridized carbons (Fsp3) is 0.849. The molecule has 5 fully saturated rings. The molecule has 0 saturated heterocycles. The molecule has 5 saturated carbocycles. The van der Waals surface area contributed by atoms with Gasteiger partial charge >= 0.3 is 71.6 Å². The van der Waals surface area contributed by atoms with Crippen LogP contribution < -0.4 is 0 Å². The molecule has 4 bridgehead atoms. The van der Waals surface area contributed by atoms with Crippen molar-refractivity contribution in [2.24, 2.45) is 88.8 Å². The van der Waals surface area contributed by atoms with Crippen molar-refractivity contribution >= 4 is 77.4 Å². The van der Waals surface area contributed by atoms with Crippen molar-refractivity contribution in [2.45, 2.75) is 325 Å². The highest BCUT2D eigenvalue weighted by molar-refractivity contribution is 5.86. The molecular weight excluding hydrogens is 1530 g/mol. The number of hydrogen-bond donors (Lipinski definition) is 0. The highest BCUT2D eigenvalue weighted by Gasteiger charge is 2.54. The van der Waals surface area contributed by atoms with Gasteiger partial charge in [0.05, 0.1) is 71.0 Å². The normalized spacial score (nSPS) is 21.2. The van der Waals surface area contributed by atoms with E-state index in [0.29, 0.717) is 39.1 Å². The van der Waals surface area contributed by atoms with Gasteiger partial charge in [-0.05, 0) is 194 Å². The second-order valence-corrected chi connectivity index (χ2v) is 34.8. The van der Waals surface area contributed by atoms with Crippen LogP contribution in [0.25, 0.3) is 0 Å². The third kappa shape index (κ3) is 46.4. The molecule has 0 heterocycles. The average molecular weight is 1680 g/mol. The molecule has 0 amide bonds. The molecule has 0 aromatic rings. The quantitative estimate of drug-likeness (QED) is 0.0323. The third-order valence-electron chi connectivity index (χ3n) is 19.6. The van der Waals surface area contributed by atoms with Gasteiger partial charge in [-0.3, -0.25) is 62.3 Å². The Morgan fingerprint density at radius 2 is 0.573 bits per heavy atom. The highest BCUT2D eigenvalue weighted by atomic mass is 16.7. The number of ether oxygens (including phenoxy) is 18. The average Bonchev–Trinajstić information content (AvgIpc) is 0.747. The molecule has 0 aromatic carbocycles. The maximum absolute atomic E-state index is 12.7. The summed E-state index contributed by atoms with van der Waals surface area (Å²) < 4.78 is 91.2. The van der Waals surface area contributed by atoms with Crippen LogP contribution in [0.3, 0.4) is 0 Å². The zero-order chi connectivity index (χ0) is 91.0. The van der Waals surface area contributed by atoms with Crippen LogP contribution in [0.2, 0.25) is 0 Å². The molecule has 31 nitrogen and oxygen atoms in total. The molecule has 0 radical (unpaired) electrons. The first-order valence-electron chi connectivity index (χ1n) is 41.1. The van der Waals surface area contributed by atoms with Crippen molar-refractivity contribution in [1.29, 1.82) is 0 Å². The Bertz CT molecular complexity index is 2950. The number of Topliss-reactive ketones (excluding diaryl/α,β-unsaturated/α-hetero) is 1. The summed E-state index contributed by atoms with van der Waals surface area (Å²) >= 11 is 0. The second-order valence-electron chi connectivity index (χ2n) is 34.8. The standard InChI is InChI=1S/C20H32O4.C16H26O5.C14H26O6.C14H26O5.C12H22O5.C10H18O6/c1-12(17(21)23-19(3,4)5)13(2)18(22)24-20-9-14-6-15(10-20)8-16(7-14)11-20;1-10(11(2)15(19)21-16(3,4)5)14(18)20-13-8-6-7-12(17)9-13;1-7-17-11(5)19-13(15)9(3)10(4)14(16)20-12(6)18-8-2;1-8-17-11(4)18-12(15)9(2)10(3)13(16)19-14(5,6)7;1-8(10(13)16-7-15-6)9(2)11(14)17-12(3,4)5;1-7(9(11)15-5-13-3)8(2)10(12)16-6-14-4/h12-16H,6-11H2,1-5H3;10-11,13H,6-9H2,1-5H3;9-12H,7-8H2,1-6H3;9-11H,8H2,1-7H3;8-9H,7H2,1-6H3;7-8H,5-6H2,1-4H3. The molecule has 680 valence electrons. The van der Waals surface area contributed by atoms with Crippen molar-refractivity contribution in [2.75, 3.05) is 61.5 Å². The van der Waals surface area contributed by atoms with Crippen LogP contribution in [0.1, 0.15) is 272 Å². The largest absolute Gasteiger partial charge is 0.462 e. The molecule has 16 atom stereocenters. The molecule has 0 N–H and O–H groups in total. The van der Waals surface area contributed by atoms with Crippen LogP contribution in [0.4, 0.5) is 0 Å². The van der Waals surface area contributed by atoms with Crippen molar-refractivity contribution in [3.05, 3.63) is 0 Å². The maximum Gasteiger partial charge on any atom is 0.311 e. The van der Waals surface area contributed by atoms with Crippen LogP contribution in [-0.4, -0.2) is 192 Å². The smallest absolute Gasteiger partial charge is 0.311 e. The minimum absolute atomic E-state index is 0.107. The summed E-state index contributed by atoms with van der Waals surface area (Å²) in [5.41, 5.74) is -2.47. The fourth-order valence-corrected chi connectivity index (χ4v) is 12.2. The van der Waals surface area contributed by atoms with Crippen LogP contribution in [0, 0.1) is 88.8 Å². The fourth-order valence-electron chi connectivity index (χ4n) is 12.2. The van der Waals surface area contributed by atoms with Crippen molar-refractivity contribution in [3.63, 3.8) is 0 Å². The molecule has 31 heteroatoms. The Labute approximate surface area is 697 Å². The van der Waals surface area contributed by atoms with E-state index in [1.54, 1.807) is 166 Å². The minimum atomic E-state index is -0.625. The highest BCUT2D eigenvalue weighted by Crippen LogP contribution is 2.57. The number of carbonyl (C=O) groups excluding carboxylic acids is 13. The molecule has 16 unspecified atom stereocenters. The Balaban J connectivity index is 0. The van der Waals surface area contributed by atoms with E-state index in [9.17, 15) is 62.3 Å². The summed E-state index contributed by atoms with van der Waals surface area (Å²) in [6.45, 7) is 52.8. The van der Waals surface area contributed by atoms with E-state index in [2.05, 4.69) is 14.2 Å². The first kappa shape index (κ1) is 112. The molecule has 0 aromatic heterocycles. The van der Waals surface area contributed by atoms with E-state index in [1.807, 2.05) is 41.5 Å². The first-order chi connectivity index (χ1) is 53.8. The summed E-state index contributed by atoms with van der Waals surface area (Å²) in [5.74, 6) is -9.47. The molecule has 117 heavy (non-hydrogen) atoms. The van der Waals surface area contributed by atoms with E-state index >= 15 is 0 Å². The van der Waals surface area contributed by atoms with Gasteiger partial charge in [0.15, 0.2) is 39.2 Å². The zero-order valence-corrected chi connectivity index (χ0v) is 76.9. The lowest BCUT2D eigenvalue weighted by Gasteiger charge is -2.55. The summed E-state index contributed by atoms with van der Waals surface area (Å²) in [6, 6.07) is 0. The van der Waals surface area contributed by atoms with Crippen LogP contribution in [-0.2, 0) is 148 Å². The van der Waals surface area contributed by atoms with E-state index in [-0.39, 0.29) is 49.8 Å². The first-order valence-corrected chi connectivity index (χ1v) is 41.1. The van der Waals surface area contributed by atoms with Gasteiger partial charge < -0.3 is 85.3 Å². The maximum atomic E-state index is 12.7. The molecule has 0 spiro atoms. The predicted octanol–water partition coefficient (Wildman–Crippen LogP) is 13.7. The van der Waals surface area contributed by atoms with E-state index < -0.39 is 172 Å². The molecule has 0 aliphatic heterocycles. The Kier molecular flexibility index (Phi) is 52.1. The summed E-state index contributed by atoms with van der Waals surface area (Å²) in [7, 11) is 4.25. The number of ketones is 1. The molecule has 5 aliphatic rings. The number of carbonyl (C=O) groups is 13. The molecule has 5 aliphatic carbocycles. The van der Waals surface area contributed by atoms with Gasteiger partial charge in [-0.15, -0.1) is 0 Å². The van der Waals surface area contributed by atoms with Gasteiger partial charge in [0, 0.05) is 54.0 Å². The lowest BCUT2D eigenvalue weighted by molar-refractivity contribution is -0.194. The van der Waals surface area contributed by atoms with Crippen molar-refractivity contribution in [3.8, 4) is 0 Å². The van der Waals surface area contributed by atoms with Crippen LogP contribution >= 0.6 is 0 Å². The number of methoxy groups -OCH3 is 3. The van der Waals surface area contributed by atoms with Gasteiger partial charge in [0.25, 0.3) is 0 Å². The Morgan fingerprint density at radius 1 is 0.342 bits per heavy atom. The number of esters is 12. The Morgan fingerprint density at radius 3 is 0.803 bits per heavy atom. The van der Waals surface area contributed by atoms with Gasteiger partial charge in [0.1, 0.15) is 39.9 Å². The predicted molar refractivity (Wildman–Crippen MR) is 429 cm³/mol. The lowest BCUT2D eigenvalue weighted by atomic mass is 9.54. The monoisotopic (exact) mass is 1680 g/mol. The lowest BCUT2D eigenvalue weighted by Crippen LogP contribution is -2.53. The van der Waals surface area contributed by atoms with Crippen LogP contribution in [0.5, 0.6) is 0 Å². The van der Waals surface area contributed by atoms with Crippen molar-refractivity contribution < 1.29 is 148 Å². The third-order valence-corrected chi connectivity index (χ3v) is 19.6. The van der Waals surface area contributed by atoms with E-state index in [4.69, 9.17) is 71.1 Å².